The number of aliphatic hydroxyl groups excluding tert-OH is 4. The zero-order valence-corrected chi connectivity index (χ0v) is 16.6. The summed E-state index contributed by atoms with van der Waals surface area (Å²) in [4.78, 5) is 4.67. The molecule has 0 amide bonds. The molecule has 29 heavy (non-hydrogen) atoms. The number of oxime groups is 1. The lowest BCUT2D eigenvalue weighted by Gasteiger charge is -2.40. The van der Waals surface area contributed by atoms with Gasteiger partial charge in [-0.3, -0.25) is 0 Å². The summed E-state index contributed by atoms with van der Waals surface area (Å²) in [5, 5.41) is 44.0. The van der Waals surface area contributed by atoms with Gasteiger partial charge in [0, 0.05) is 5.02 Å². The van der Waals surface area contributed by atoms with Gasteiger partial charge in [0.2, 0.25) is 0 Å². The molecule has 2 aromatic carbocycles. The van der Waals surface area contributed by atoms with E-state index in [4.69, 9.17) is 16.3 Å². The molecule has 156 valence electrons. The molecule has 4 N–H and O–H groups in total. The third-order valence-electron chi connectivity index (χ3n) is 4.97. The van der Waals surface area contributed by atoms with Crippen molar-refractivity contribution >= 4 is 17.8 Å². The van der Waals surface area contributed by atoms with Crippen molar-refractivity contribution in [2.24, 2.45) is 5.16 Å². The molecule has 1 aliphatic heterocycles. The Kier molecular flexibility index (Phi) is 7.23. The van der Waals surface area contributed by atoms with E-state index < -0.39 is 37.1 Å². The van der Waals surface area contributed by atoms with Gasteiger partial charge >= 0.3 is 0 Å². The van der Waals surface area contributed by atoms with Gasteiger partial charge in [-0.25, -0.2) is 0 Å². The third kappa shape index (κ3) is 4.95. The number of rotatable bonds is 6. The highest BCUT2D eigenvalue weighted by Gasteiger charge is 2.43. The maximum absolute atomic E-state index is 10.4. The summed E-state index contributed by atoms with van der Waals surface area (Å²) in [7, 11) is 1.48. The fourth-order valence-electron chi connectivity index (χ4n) is 3.34. The predicted octanol–water partition coefficient (Wildman–Crippen LogP) is 1.43. The van der Waals surface area contributed by atoms with Crippen LogP contribution in [0.4, 0.5) is 0 Å². The van der Waals surface area contributed by atoms with Crippen LogP contribution in [0.3, 0.4) is 0 Å². The van der Waals surface area contributed by atoms with Crippen LogP contribution in [0.25, 0.3) is 0 Å². The van der Waals surface area contributed by atoms with E-state index >= 15 is 0 Å². The molecule has 1 aliphatic rings. The first-order valence-electron chi connectivity index (χ1n) is 9.19. The number of aliphatic hydroxyl groups is 4. The van der Waals surface area contributed by atoms with E-state index in [1.807, 2.05) is 24.3 Å². The van der Waals surface area contributed by atoms with Gasteiger partial charge in [-0.05, 0) is 34.7 Å². The maximum atomic E-state index is 10.4. The minimum absolute atomic E-state index is 0.472. The van der Waals surface area contributed by atoms with E-state index in [0.717, 1.165) is 16.7 Å². The van der Waals surface area contributed by atoms with Crippen molar-refractivity contribution in [2.75, 3.05) is 13.7 Å². The Balaban J connectivity index is 1.81. The van der Waals surface area contributed by atoms with Gasteiger partial charge in [-0.1, -0.05) is 53.2 Å². The van der Waals surface area contributed by atoms with Gasteiger partial charge in [-0.2, -0.15) is 0 Å². The molecule has 0 radical (unpaired) electrons. The van der Waals surface area contributed by atoms with E-state index in [0.29, 0.717) is 17.0 Å². The third-order valence-corrected chi connectivity index (χ3v) is 5.34. The molecule has 0 saturated carbocycles. The first kappa shape index (κ1) is 21.7. The van der Waals surface area contributed by atoms with Crippen molar-refractivity contribution in [2.45, 2.75) is 36.9 Å². The van der Waals surface area contributed by atoms with Gasteiger partial charge < -0.3 is 30.0 Å². The SMILES string of the molecule is CO/N=C/c1ccc(Cc2cc([C@@H]3O[C@H](CO)[C@@H](O)[C@H](O)[C@H]3O)ccc2Cl)cc1. The summed E-state index contributed by atoms with van der Waals surface area (Å²) < 4.78 is 5.64. The van der Waals surface area contributed by atoms with E-state index in [9.17, 15) is 20.4 Å². The monoisotopic (exact) mass is 421 g/mol. The standard InChI is InChI=1S/C21H24ClNO6/c1-28-23-10-13-4-2-12(3-5-13)8-15-9-14(6-7-16(15)22)21-20(27)19(26)18(25)17(11-24)29-21/h2-7,9-10,17-21,24-27H,8,11H2,1H3/b23-10+/t17-,18-,19+,20-,21+/m1/s1. The second kappa shape index (κ2) is 9.67. The Morgan fingerprint density at radius 3 is 2.45 bits per heavy atom. The van der Waals surface area contributed by atoms with Crippen molar-refractivity contribution in [1.29, 1.82) is 0 Å². The lowest BCUT2D eigenvalue weighted by molar-refractivity contribution is -0.231. The number of benzene rings is 2. The van der Waals surface area contributed by atoms with E-state index in [1.54, 1.807) is 24.4 Å². The van der Waals surface area contributed by atoms with Crippen LogP contribution in [0.1, 0.15) is 28.4 Å². The second-order valence-electron chi connectivity index (χ2n) is 6.94. The summed E-state index contributed by atoms with van der Waals surface area (Å²) in [6.07, 6.45) is -3.85. The molecule has 8 heteroatoms. The Labute approximate surface area is 173 Å². The van der Waals surface area contributed by atoms with Crippen LogP contribution >= 0.6 is 11.6 Å². The Morgan fingerprint density at radius 1 is 1.07 bits per heavy atom. The average Bonchev–Trinajstić information content (AvgIpc) is 2.73. The minimum Gasteiger partial charge on any atom is -0.399 e. The van der Waals surface area contributed by atoms with Crippen LogP contribution in [-0.2, 0) is 16.0 Å². The first-order chi connectivity index (χ1) is 13.9. The summed E-state index contributed by atoms with van der Waals surface area (Å²) in [5.74, 6) is 0. The summed E-state index contributed by atoms with van der Waals surface area (Å²) >= 11 is 6.36. The number of ether oxygens (including phenoxy) is 1. The number of hydrogen-bond donors (Lipinski definition) is 4. The van der Waals surface area contributed by atoms with Gasteiger partial charge in [0.25, 0.3) is 0 Å². The molecule has 0 unspecified atom stereocenters. The largest absolute Gasteiger partial charge is 0.399 e. The molecule has 5 atom stereocenters. The molecular weight excluding hydrogens is 398 g/mol. The molecule has 1 fully saturated rings. The van der Waals surface area contributed by atoms with Crippen molar-refractivity contribution in [3.63, 3.8) is 0 Å². The molecule has 1 heterocycles. The average molecular weight is 422 g/mol. The number of nitrogens with zero attached hydrogens (tertiary/aromatic N) is 1. The smallest absolute Gasteiger partial charge is 0.113 e. The van der Waals surface area contributed by atoms with Crippen LogP contribution in [0, 0.1) is 0 Å². The second-order valence-corrected chi connectivity index (χ2v) is 7.34. The fraction of sp³-hybridized carbons (Fsp3) is 0.381. The topological polar surface area (TPSA) is 112 Å². The quantitative estimate of drug-likeness (QED) is 0.414. The van der Waals surface area contributed by atoms with E-state index in [2.05, 4.69) is 9.99 Å². The van der Waals surface area contributed by atoms with Crippen LogP contribution in [-0.4, -0.2) is 64.8 Å². The molecular formula is C21H24ClNO6. The Morgan fingerprint density at radius 2 is 1.79 bits per heavy atom. The van der Waals surface area contributed by atoms with Gasteiger partial charge in [0.1, 0.15) is 37.6 Å². The van der Waals surface area contributed by atoms with Crippen molar-refractivity contribution < 1.29 is 30.0 Å². The summed E-state index contributed by atoms with van der Waals surface area (Å²) in [6, 6.07) is 12.9. The van der Waals surface area contributed by atoms with Crippen LogP contribution < -0.4 is 0 Å². The van der Waals surface area contributed by atoms with Crippen molar-refractivity contribution in [3.8, 4) is 0 Å². The lowest BCUT2D eigenvalue weighted by atomic mass is 9.90. The molecule has 1 saturated heterocycles. The van der Waals surface area contributed by atoms with E-state index in [1.165, 1.54) is 7.11 Å². The summed E-state index contributed by atoms with van der Waals surface area (Å²) in [5.41, 5.74) is 3.34. The Hall–Kier alpha value is -2.00. The maximum Gasteiger partial charge on any atom is 0.113 e. The number of hydrogen-bond acceptors (Lipinski definition) is 7. The zero-order chi connectivity index (χ0) is 21.0. The molecule has 0 spiro atoms. The van der Waals surface area contributed by atoms with Gasteiger partial charge in [0.05, 0.1) is 12.8 Å². The molecule has 0 aliphatic carbocycles. The molecule has 0 aromatic heterocycles. The lowest BCUT2D eigenvalue weighted by Crippen LogP contribution is -2.55. The molecule has 0 bridgehead atoms. The van der Waals surface area contributed by atoms with Gasteiger partial charge in [0.15, 0.2) is 0 Å². The zero-order valence-electron chi connectivity index (χ0n) is 15.9. The van der Waals surface area contributed by atoms with Crippen LogP contribution in [0.15, 0.2) is 47.6 Å². The highest BCUT2D eigenvalue weighted by molar-refractivity contribution is 6.31. The first-order valence-corrected chi connectivity index (χ1v) is 9.56. The van der Waals surface area contributed by atoms with E-state index in [-0.39, 0.29) is 0 Å². The molecule has 7 nitrogen and oxygen atoms in total. The number of halogens is 1. The minimum atomic E-state index is -1.42. The fourth-order valence-corrected chi connectivity index (χ4v) is 3.52. The highest BCUT2D eigenvalue weighted by atomic mass is 35.5. The predicted molar refractivity (Wildman–Crippen MR) is 108 cm³/mol. The molecule has 3 rings (SSSR count). The van der Waals surface area contributed by atoms with Crippen molar-refractivity contribution in [3.05, 3.63) is 69.7 Å². The molecule has 2 aromatic rings. The van der Waals surface area contributed by atoms with Crippen molar-refractivity contribution in [1.82, 2.24) is 0 Å². The van der Waals surface area contributed by atoms with Crippen LogP contribution in [0.5, 0.6) is 0 Å². The highest BCUT2D eigenvalue weighted by Crippen LogP contribution is 2.34. The van der Waals surface area contributed by atoms with Gasteiger partial charge in [-0.15, -0.1) is 0 Å². The van der Waals surface area contributed by atoms with Crippen LogP contribution in [0.2, 0.25) is 5.02 Å². The Bertz CT molecular complexity index is 842. The summed E-state index contributed by atoms with van der Waals surface area (Å²) in [6.45, 7) is -0.472. The normalized spacial score (nSPS) is 27.3.